The first-order valence-electron chi connectivity index (χ1n) is 9.23. The summed E-state index contributed by atoms with van der Waals surface area (Å²) in [5.41, 5.74) is 4.10. The molecule has 1 aliphatic carbocycles. The lowest BCUT2D eigenvalue weighted by Crippen LogP contribution is -2.18. The van der Waals surface area contributed by atoms with Crippen molar-refractivity contribution in [2.45, 2.75) is 64.7 Å². The summed E-state index contributed by atoms with van der Waals surface area (Å²) >= 11 is 0. The Kier molecular flexibility index (Phi) is 5.61. The number of ether oxygens (including phenoxy) is 1. The molecule has 0 radical (unpaired) electrons. The van der Waals surface area contributed by atoms with Crippen molar-refractivity contribution in [3.05, 3.63) is 64.7 Å². The van der Waals surface area contributed by atoms with Crippen LogP contribution >= 0.6 is 0 Å². The zero-order valence-corrected chi connectivity index (χ0v) is 15.7. The second kappa shape index (κ2) is 7.75. The molecule has 0 spiro atoms. The summed E-state index contributed by atoms with van der Waals surface area (Å²) in [5, 5.41) is 3.42. The minimum atomic E-state index is -2.82. The summed E-state index contributed by atoms with van der Waals surface area (Å²) in [6, 6.07) is 13.7. The highest BCUT2D eigenvalue weighted by atomic mass is 19.3. The zero-order chi connectivity index (χ0) is 18.7. The van der Waals surface area contributed by atoms with Gasteiger partial charge in [-0.2, -0.15) is 0 Å². The topological polar surface area (TPSA) is 21.3 Å². The predicted molar refractivity (Wildman–Crippen MR) is 102 cm³/mol. The normalized spacial score (nSPS) is 20.3. The van der Waals surface area contributed by atoms with Crippen LogP contribution in [-0.4, -0.2) is 12.1 Å². The first kappa shape index (κ1) is 18.8. The highest BCUT2D eigenvalue weighted by Gasteiger charge is 2.27. The Morgan fingerprint density at radius 1 is 1.04 bits per heavy atom. The van der Waals surface area contributed by atoms with Gasteiger partial charge in [0, 0.05) is 24.2 Å². The summed E-state index contributed by atoms with van der Waals surface area (Å²) in [6.07, 6.45) is 3.10. The van der Waals surface area contributed by atoms with Gasteiger partial charge in [-0.3, -0.25) is 0 Å². The largest absolute Gasteiger partial charge is 0.382 e. The molecule has 0 amide bonds. The van der Waals surface area contributed by atoms with Gasteiger partial charge < -0.3 is 10.1 Å². The number of aryl methyl sites for hydroxylation is 2. The fourth-order valence-corrected chi connectivity index (χ4v) is 3.48. The summed E-state index contributed by atoms with van der Waals surface area (Å²) in [6.45, 7) is 5.48. The van der Waals surface area contributed by atoms with Crippen LogP contribution in [-0.2, 0) is 17.3 Å². The van der Waals surface area contributed by atoms with E-state index in [4.69, 9.17) is 4.74 Å². The lowest BCUT2D eigenvalue weighted by Gasteiger charge is -2.18. The standard InChI is InChI=1S/C22H27F2NO/c1-15-4-6-17(7-5-15)14-26-21-9-8-19(13-21)25-20-11-16(2)10-18(12-20)22(3,23)24/h4-7,10-12,19,21,25H,8-9,13-14H2,1-3H3/t19?,21-/m1/s1. The molecule has 0 aliphatic heterocycles. The Morgan fingerprint density at radius 2 is 1.77 bits per heavy atom. The van der Waals surface area contributed by atoms with Crippen LogP contribution in [0.25, 0.3) is 0 Å². The molecule has 0 saturated heterocycles. The molecule has 2 atom stereocenters. The van der Waals surface area contributed by atoms with E-state index in [2.05, 4.69) is 36.5 Å². The van der Waals surface area contributed by atoms with Gasteiger partial charge in [0.1, 0.15) is 0 Å². The van der Waals surface area contributed by atoms with Crippen LogP contribution in [0.5, 0.6) is 0 Å². The number of hydrogen-bond donors (Lipinski definition) is 1. The second-order valence-electron chi connectivity index (χ2n) is 7.55. The van der Waals surface area contributed by atoms with Crippen LogP contribution in [0.1, 0.15) is 48.4 Å². The van der Waals surface area contributed by atoms with Crippen LogP contribution in [0, 0.1) is 13.8 Å². The van der Waals surface area contributed by atoms with Gasteiger partial charge in [-0.25, -0.2) is 8.78 Å². The summed E-state index contributed by atoms with van der Waals surface area (Å²) in [4.78, 5) is 0. The molecule has 0 bridgehead atoms. The Morgan fingerprint density at radius 3 is 2.46 bits per heavy atom. The van der Waals surface area contributed by atoms with E-state index in [1.165, 1.54) is 11.1 Å². The van der Waals surface area contributed by atoms with E-state index >= 15 is 0 Å². The van der Waals surface area contributed by atoms with Gasteiger partial charge >= 0.3 is 0 Å². The molecule has 0 heterocycles. The van der Waals surface area contributed by atoms with E-state index < -0.39 is 5.92 Å². The van der Waals surface area contributed by atoms with Gasteiger partial charge in [0.25, 0.3) is 5.92 Å². The number of benzene rings is 2. The minimum Gasteiger partial charge on any atom is -0.382 e. The zero-order valence-electron chi connectivity index (χ0n) is 15.7. The van der Waals surface area contributed by atoms with Gasteiger partial charge in [0.15, 0.2) is 0 Å². The number of hydrogen-bond acceptors (Lipinski definition) is 2. The molecule has 3 rings (SSSR count). The van der Waals surface area contributed by atoms with E-state index in [9.17, 15) is 8.78 Å². The molecule has 2 aromatic carbocycles. The van der Waals surface area contributed by atoms with Crippen LogP contribution in [0.3, 0.4) is 0 Å². The Bertz CT molecular complexity index is 737. The molecule has 0 aromatic heterocycles. The molecule has 4 heteroatoms. The van der Waals surface area contributed by atoms with Gasteiger partial charge in [-0.15, -0.1) is 0 Å². The Hall–Kier alpha value is -1.94. The molecule has 1 unspecified atom stereocenters. The molecule has 1 aliphatic rings. The number of rotatable bonds is 6. The van der Waals surface area contributed by atoms with Crippen molar-refractivity contribution in [3.63, 3.8) is 0 Å². The lowest BCUT2D eigenvalue weighted by atomic mass is 10.0. The van der Waals surface area contributed by atoms with E-state index in [0.717, 1.165) is 37.4 Å². The molecule has 1 saturated carbocycles. The average molecular weight is 359 g/mol. The van der Waals surface area contributed by atoms with Crippen LogP contribution in [0.4, 0.5) is 14.5 Å². The maximum absolute atomic E-state index is 13.6. The smallest absolute Gasteiger partial charge is 0.270 e. The first-order chi connectivity index (χ1) is 12.3. The summed E-state index contributed by atoms with van der Waals surface area (Å²) in [5.74, 6) is -2.82. The third-order valence-corrected chi connectivity index (χ3v) is 4.95. The minimum absolute atomic E-state index is 0.0603. The fraction of sp³-hybridized carbons (Fsp3) is 0.455. The van der Waals surface area contributed by atoms with Crippen LogP contribution in [0.15, 0.2) is 42.5 Å². The number of halogens is 2. The van der Waals surface area contributed by atoms with E-state index in [1.54, 1.807) is 12.1 Å². The SMILES string of the molecule is Cc1ccc(CO[C@@H]2CCC(Nc3cc(C)cc(C(C)(F)F)c3)C2)cc1. The fourth-order valence-electron chi connectivity index (χ4n) is 3.48. The molecule has 2 nitrogen and oxygen atoms in total. The van der Waals surface area contributed by atoms with Gasteiger partial charge in [-0.05, 0) is 62.4 Å². The maximum Gasteiger partial charge on any atom is 0.270 e. The van der Waals surface area contributed by atoms with Crippen molar-refractivity contribution in [1.29, 1.82) is 0 Å². The predicted octanol–water partition coefficient (Wildman–Crippen LogP) is 5.96. The van der Waals surface area contributed by atoms with Crippen molar-refractivity contribution in [2.75, 3.05) is 5.32 Å². The van der Waals surface area contributed by atoms with E-state index in [0.29, 0.717) is 6.61 Å². The Labute approximate surface area is 154 Å². The Balaban J connectivity index is 1.54. The number of alkyl halides is 2. The second-order valence-corrected chi connectivity index (χ2v) is 7.55. The molecule has 2 aromatic rings. The number of anilines is 1. The van der Waals surface area contributed by atoms with Crippen molar-refractivity contribution in [1.82, 2.24) is 0 Å². The van der Waals surface area contributed by atoms with Crippen LogP contribution < -0.4 is 5.32 Å². The molecule has 1 fully saturated rings. The highest BCUT2D eigenvalue weighted by Crippen LogP contribution is 2.32. The summed E-state index contributed by atoms with van der Waals surface area (Å²) < 4.78 is 33.3. The molecular weight excluding hydrogens is 332 g/mol. The van der Waals surface area contributed by atoms with E-state index in [-0.39, 0.29) is 17.7 Å². The summed E-state index contributed by atoms with van der Waals surface area (Å²) in [7, 11) is 0. The third-order valence-electron chi connectivity index (χ3n) is 4.95. The number of nitrogens with one attached hydrogen (secondary N) is 1. The first-order valence-corrected chi connectivity index (χ1v) is 9.23. The van der Waals surface area contributed by atoms with E-state index in [1.807, 2.05) is 13.0 Å². The van der Waals surface area contributed by atoms with Gasteiger partial charge in [0.2, 0.25) is 0 Å². The maximum atomic E-state index is 13.6. The third kappa shape index (κ3) is 5.04. The van der Waals surface area contributed by atoms with Crippen LogP contribution in [0.2, 0.25) is 0 Å². The van der Waals surface area contributed by atoms with Crippen molar-refractivity contribution < 1.29 is 13.5 Å². The highest BCUT2D eigenvalue weighted by molar-refractivity contribution is 5.50. The molecular formula is C22H27F2NO. The monoisotopic (exact) mass is 359 g/mol. The quantitative estimate of drug-likeness (QED) is 0.686. The lowest BCUT2D eigenvalue weighted by molar-refractivity contribution is 0.0174. The molecule has 26 heavy (non-hydrogen) atoms. The van der Waals surface area contributed by atoms with Gasteiger partial charge in [0.05, 0.1) is 12.7 Å². The van der Waals surface area contributed by atoms with Gasteiger partial charge in [-0.1, -0.05) is 29.8 Å². The van der Waals surface area contributed by atoms with Crippen molar-refractivity contribution >= 4 is 5.69 Å². The van der Waals surface area contributed by atoms with Crippen molar-refractivity contribution in [3.8, 4) is 0 Å². The van der Waals surface area contributed by atoms with Crippen molar-refractivity contribution in [2.24, 2.45) is 0 Å². The molecule has 1 N–H and O–H groups in total. The molecule has 140 valence electrons. The average Bonchev–Trinajstić information content (AvgIpc) is 3.00.